The van der Waals surface area contributed by atoms with Gasteiger partial charge in [-0.05, 0) is 48.6 Å². The van der Waals surface area contributed by atoms with Crippen molar-refractivity contribution in [2.45, 2.75) is 31.9 Å². The minimum absolute atomic E-state index is 0.0829. The van der Waals surface area contributed by atoms with Crippen LogP contribution in [-0.4, -0.2) is 24.8 Å². The average molecular weight is 392 g/mol. The summed E-state index contributed by atoms with van der Waals surface area (Å²) in [6.45, 7) is 3.52. The number of benzene rings is 2. The van der Waals surface area contributed by atoms with Gasteiger partial charge in [0.2, 0.25) is 5.91 Å². The molecule has 0 atom stereocenters. The highest BCUT2D eigenvalue weighted by Gasteiger charge is 2.05. The number of thioether (sulfide) groups is 1. The van der Waals surface area contributed by atoms with Gasteiger partial charge in [-0.1, -0.05) is 48.9 Å². The average Bonchev–Trinajstić information content (AvgIpc) is 2.66. The van der Waals surface area contributed by atoms with Crippen molar-refractivity contribution >= 4 is 29.3 Å². The Hall–Kier alpha value is -1.65. The molecular formula is C21H26ClNO2S. The van der Waals surface area contributed by atoms with E-state index in [1.807, 2.05) is 42.5 Å². The minimum Gasteiger partial charge on any atom is -0.493 e. The van der Waals surface area contributed by atoms with Gasteiger partial charge < -0.3 is 10.1 Å². The van der Waals surface area contributed by atoms with E-state index >= 15 is 0 Å². The van der Waals surface area contributed by atoms with Gasteiger partial charge in [0.25, 0.3) is 0 Å². The summed E-state index contributed by atoms with van der Waals surface area (Å²) in [5.74, 6) is 2.32. The summed E-state index contributed by atoms with van der Waals surface area (Å²) in [5.41, 5.74) is 2.38. The van der Waals surface area contributed by atoms with Gasteiger partial charge in [-0.2, -0.15) is 0 Å². The number of halogens is 1. The van der Waals surface area contributed by atoms with E-state index in [0.29, 0.717) is 12.3 Å². The number of rotatable bonds is 11. The van der Waals surface area contributed by atoms with Crippen molar-refractivity contribution in [3.8, 4) is 5.75 Å². The van der Waals surface area contributed by atoms with Crippen molar-refractivity contribution in [3.05, 3.63) is 64.7 Å². The van der Waals surface area contributed by atoms with E-state index in [0.717, 1.165) is 42.4 Å². The van der Waals surface area contributed by atoms with Gasteiger partial charge in [0.05, 0.1) is 12.4 Å². The topological polar surface area (TPSA) is 38.3 Å². The summed E-state index contributed by atoms with van der Waals surface area (Å²) in [7, 11) is 0. The van der Waals surface area contributed by atoms with E-state index in [2.05, 4.69) is 18.3 Å². The number of amides is 1. The summed E-state index contributed by atoms with van der Waals surface area (Å²) < 4.78 is 5.77. The lowest BCUT2D eigenvalue weighted by molar-refractivity contribution is -0.118. The fourth-order valence-electron chi connectivity index (χ4n) is 2.46. The third-order valence-electron chi connectivity index (χ3n) is 3.79. The molecule has 0 aliphatic rings. The molecule has 0 aliphatic carbocycles. The Labute approximate surface area is 165 Å². The number of hydrogen-bond donors (Lipinski definition) is 1. The van der Waals surface area contributed by atoms with Crippen LogP contribution in [-0.2, 0) is 17.0 Å². The smallest absolute Gasteiger partial charge is 0.230 e. The molecule has 0 heterocycles. The number of para-hydroxylation sites is 1. The number of hydrogen-bond acceptors (Lipinski definition) is 3. The molecule has 1 amide bonds. The van der Waals surface area contributed by atoms with E-state index in [1.54, 1.807) is 11.8 Å². The summed E-state index contributed by atoms with van der Waals surface area (Å²) in [4.78, 5) is 11.9. The van der Waals surface area contributed by atoms with Crippen molar-refractivity contribution in [3.63, 3.8) is 0 Å². The molecule has 2 aromatic rings. The van der Waals surface area contributed by atoms with Gasteiger partial charge >= 0.3 is 0 Å². The van der Waals surface area contributed by atoms with Crippen molar-refractivity contribution in [2.24, 2.45) is 0 Å². The van der Waals surface area contributed by atoms with Crippen LogP contribution >= 0.6 is 23.4 Å². The maximum atomic E-state index is 11.9. The number of carbonyl (C=O) groups excluding carboxylic acids is 1. The first-order valence-corrected chi connectivity index (χ1v) is 10.5. The normalized spacial score (nSPS) is 10.5. The molecule has 2 rings (SSSR count). The second-order valence-corrected chi connectivity index (χ2v) is 7.45. The fourth-order valence-corrected chi connectivity index (χ4v) is 3.41. The molecule has 5 heteroatoms. The van der Waals surface area contributed by atoms with Crippen LogP contribution in [0.3, 0.4) is 0 Å². The summed E-state index contributed by atoms with van der Waals surface area (Å²) in [6, 6.07) is 15.9. The van der Waals surface area contributed by atoms with Crippen molar-refractivity contribution in [1.82, 2.24) is 5.32 Å². The van der Waals surface area contributed by atoms with Crippen molar-refractivity contribution in [2.75, 3.05) is 18.9 Å². The molecule has 26 heavy (non-hydrogen) atoms. The van der Waals surface area contributed by atoms with Gasteiger partial charge in [-0.25, -0.2) is 0 Å². The third-order valence-corrected chi connectivity index (χ3v) is 5.05. The molecule has 2 aromatic carbocycles. The first-order valence-electron chi connectivity index (χ1n) is 8.98. The maximum absolute atomic E-state index is 11.9. The molecule has 0 radical (unpaired) electrons. The van der Waals surface area contributed by atoms with Crippen LogP contribution in [0.25, 0.3) is 0 Å². The monoisotopic (exact) mass is 391 g/mol. The zero-order valence-electron chi connectivity index (χ0n) is 15.2. The van der Waals surface area contributed by atoms with Gasteiger partial charge in [0.1, 0.15) is 5.75 Å². The summed E-state index contributed by atoms with van der Waals surface area (Å²) in [5, 5.41) is 3.72. The maximum Gasteiger partial charge on any atom is 0.230 e. The quantitative estimate of drug-likeness (QED) is 0.541. The molecule has 0 saturated carbocycles. The van der Waals surface area contributed by atoms with Gasteiger partial charge in [0.15, 0.2) is 0 Å². The van der Waals surface area contributed by atoms with Gasteiger partial charge in [-0.15, -0.1) is 11.8 Å². The SMILES string of the molecule is CCCOc1ccccc1CCCNC(=O)CSCc1ccc(Cl)cc1. The Kier molecular flexibility index (Phi) is 9.43. The molecule has 0 aromatic heterocycles. The highest BCUT2D eigenvalue weighted by molar-refractivity contribution is 7.99. The van der Waals surface area contributed by atoms with Crippen LogP contribution in [0.2, 0.25) is 5.02 Å². The molecule has 140 valence electrons. The largest absolute Gasteiger partial charge is 0.493 e. The molecule has 1 N–H and O–H groups in total. The number of carbonyl (C=O) groups is 1. The molecule has 0 unspecified atom stereocenters. The third kappa shape index (κ3) is 7.71. The second-order valence-electron chi connectivity index (χ2n) is 6.03. The van der Waals surface area contributed by atoms with Crippen LogP contribution < -0.4 is 10.1 Å². The highest BCUT2D eigenvalue weighted by Crippen LogP contribution is 2.19. The number of aryl methyl sites for hydroxylation is 1. The van der Waals surface area contributed by atoms with E-state index in [1.165, 1.54) is 11.1 Å². The Morgan fingerprint density at radius 3 is 2.69 bits per heavy atom. The lowest BCUT2D eigenvalue weighted by atomic mass is 10.1. The number of ether oxygens (including phenoxy) is 1. The summed E-state index contributed by atoms with van der Waals surface area (Å²) >= 11 is 7.48. The van der Waals surface area contributed by atoms with E-state index < -0.39 is 0 Å². The summed E-state index contributed by atoms with van der Waals surface area (Å²) in [6.07, 6.45) is 2.80. The predicted molar refractivity (Wildman–Crippen MR) is 111 cm³/mol. The van der Waals surface area contributed by atoms with Gasteiger partial charge in [-0.3, -0.25) is 4.79 Å². The van der Waals surface area contributed by atoms with Crippen molar-refractivity contribution < 1.29 is 9.53 Å². The molecule has 0 spiro atoms. The van der Waals surface area contributed by atoms with Crippen LogP contribution in [0, 0.1) is 0 Å². The van der Waals surface area contributed by atoms with E-state index in [4.69, 9.17) is 16.3 Å². The lowest BCUT2D eigenvalue weighted by Gasteiger charge is -2.11. The lowest BCUT2D eigenvalue weighted by Crippen LogP contribution is -2.26. The standard InChI is InChI=1S/C21H26ClNO2S/c1-2-14-25-20-8-4-3-6-18(20)7-5-13-23-21(24)16-26-15-17-9-11-19(22)12-10-17/h3-4,6,8-12H,2,5,7,13-16H2,1H3,(H,23,24). The molecule has 0 aliphatic heterocycles. The van der Waals surface area contributed by atoms with E-state index in [9.17, 15) is 4.79 Å². The van der Waals surface area contributed by atoms with Crippen LogP contribution in [0.15, 0.2) is 48.5 Å². The first kappa shape index (κ1) is 20.7. The Bertz CT molecular complexity index is 676. The fraction of sp³-hybridized carbons (Fsp3) is 0.381. The van der Waals surface area contributed by atoms with Crippen molar-refractivity contribution in [1.29, 1.82) is 0 Å². The Morgan fingerprint density at radius 1 is 1.15 bits per heavy atom. The van der Waals surface area contributed by atoms with E-state index in [-0.39, 0.29) is 5.91 Å². The van der Waals surface area contributed by atoms with Gasteiger partial charge in [0, 0.05) is 17.3 Å². The minimum atomic E-state index is 0.0829. The first-order chi connectivity index (χ1) is 12.7. The Morgan fingerprint density at radius 2 is 1.92 bits per heavy atom. The van der Waals surface area contributed by atoms with Crippen LogP contribution in [0.5, 0.6) is 5.75 Å². The molecule has 0 saturated heterocycles. The molecule has 0 bridgehead atoms. The highest BCUT2D eigenvalue weighted by atomic mass is 35.5. The number of nitrogens with one attached hydrogen (secondary N) is 1. The zero-order valence-corrected chi connectivity index (χ0v) is 16.7. The van der Waals surface area contributed by atoms with Crippen LogP contribution in [0.1, 0.15) is 30.9 Å². The molecule has 3 nitrogen and oxygen atoms in total. The second kappa shape index (κ2) is 11.9. The Balaban J connectivity index is 1.62. The zero-order chi connectivity index (χ0) is 18.6. The van der Waals surface area contributed by atoms with Crippen LogP contribution in [0.4, 0.5) is 0 Å². The predicted octanol–water partition coefficient (Wildman–Crippen LogP) is 5.11. The molecule has 0 fully saturated rings. The molecular weight excluding hydrogens is 366 g/mol.